The van der Waals surface area contributed by atoms with Crippen molar-refractivity contribution in [2.24, 2.45) is 5.41 Å². The van der Waals surface area contributed by atoms with Gasteiger partial charge in [-0.2, -0.15) is 0 Å². The van der Waals surface area contributed by atoms with Crippen molar-refractivity contribution in [3.63, 3.8) is 0 Å². The molecule has 2 N–H and O–H groups in total. The van der Waals surface area contributed by atoms with Crippen LogP contribution in [0.1, 0.15) is 39.5 Å². The molecule has 0 saturated heterocycles. The molecule has 1 heterocycles. The number of hydrogen-bond acceptors (Lipinski definition) is 3. The molecule has 5 nitrogen and oxygen atoms in total. The Labute approximate surface area is 159 Å². The summed E-state index contributed by atoms with van der Waals surface area (Å²) in [5.41, 5.74) is 2.36. The van der Waals surface area contributed by atoms with E-state index in [4.69, 9.17) is 9.84 Å². The highest BCUT2D eigenvalue weighted by Crippen LogP contribution is 2.25. The first-order valence-electron chi connectivity index (χ1n) is 9.37. The summed E-state index contributed by atoms with van der Waals surface area (Å²) in [6.07, 6.45) is 3.47. The number of hydrogen-bond donors (Lipinski definition) is 2. The number of aromatic amines is 1. The Kier molecular flexibility index (Phi) is 5.79. The van der Waals surface area contributed by atoms with Crippen LogP contribution >= 0.6 is 0 Å². The van der Waals surface area contributed by atoms with Crippen molar-refractivity contribution >= 4 is 17.0 Å². The lowest BCUT2D eigenvalue weighted by atomic mass is 9.87. The van der Waals surface area contributed by atoms with Crippen molar-refractivity contribution in [2.45, 2.75) is 39.5 Å². The maximum atomic E-state index is 11.1. The third-order valence-electron chi connectivity index (χ3n) is 4.81. The second-order valence-electron chi connectivity index (χ2n) is 7.48. The number of ether oxygens (including phenoxy) is 1. The molecule has 0 spiro atoms. The normalized spacial score (nSPS) is 11.6. The van der Waals surface area contributed by atoms with E-state index in [-0.39, 0.29) is 0 Å². The molecule has 1 aromatic heterocycles. The van der Waals surface area contributed by atoms with Crippen molar-refractivity contribution in [3.8, 4) is 17.1 Å². The van der Waals surface area contributed by atoms with E-state index in [0.717, 1.165) is 47.4 Å². The van der Waals surface area contributed by atoms with Crippen LogP contribution < -0.4 is 4.74 Å². The van der Waals surface area contributed by atoms with Crippen LogP contribution in [0.2, 0.25) is 0 Å². The maximum absolute atomic E-state index is 11.1. The highest BCUT2D eigenvalue weighted by atomic mass is 16.5. The molecule has 0 aliphatic rings. The zero-order valence-corrected chi connectivity index (χ0v) is 15.9. The van der Waals surface area contributed by atoms with Crippen LogP contribution in [0.3, 0.4) is 0 Å². The average Bonchev–Trinajstić information content (AvgIpc) is 3.09. The van der Waals surface area contributed by atoms with E-state index < -0.39 is 11.4 Å². The molecule has 142 valence electrons. The number of fused-ring (bicyclic) bond motifs is 1. The number of carbonyl (C=O) groups is 1. The van der Waals surface area contributed by atoms with Crippen molar-refractivity contribution < 1.29 is 14.6 Å². The average molecular weight is 366 g/mol. The summed E-state index contributed by atoms with van der Waals surface area (Å²) in [4.78, 5) is 19.0. The Morgan fingerprint density at radius 2 is 1.81 bits per heavy atom. The number of rotatable bonds is 9. The summed E-state index contributed by atoms with van der Waals surface area (Å²) in [5.74, 6) is 0.952. The van der Waals surface area contributed by atoms with Crippen molar-refractivity contribution in [3.05, 3.63) is 48.5 Å². The molecule has 0 atom stereocenters. The summed E-state index contributed by atoms with van der Waals surface area (Å²) in [6.45, 7) is 4.18. The number of imidazole rings is 1. The molecular weight excluding hydrogens is 340 g/mol. The standard InChI is InChI=1S/C22H26N2O3/c1-22(2,21(25)26)14-6-3-7-15-27-17-12-10-16(11-13-17)20-23-18-8-4-5-9-19(18)24-20/h4-5,8-13H,3,6-7,14-15H2,1-2H3,(H,23,24)(H,25,26). The van der Waals surface area contributed by atoms with Gasteiger partial charge in [-0.25, -0.2) is 4.98 Å². The fraction of sp³-hybridized carbons (Fsp3) is 0.364. The van der Waals surface area contributed by atoms with Crippen molar-refractivity contribution in [1.29, 1.82) is 0 Å². The first kappa shape index (κ1) is 19.0. The Balaban J connectivity index is 1.45. The Morgan fingerprint density at radius 1 is 1.07 bits per heavy atom. The topological polar surface area (TPSA) is 75.2 Å². The third kappa shape index (κ3) is 4.88. The van der Waals surface area contributed by atoms with Gasteiger partial charge in [0, 0.05) is 5.56 Å². The van der Waals surface area contributed by atoms with Crippen molar-refractivity contribution in [1.82, 2.24) is 9.97 Å². The molecule has 2 aromatic carbocycles. The highest BCUT2D eigenvalue weighted by Gasteiger charge is 2.25. The van der Waals surface area contributed by atoms with Crippen LogP contribution in [0.25, 0.3) is 22.4 Å². The minimum atomic E-state index is -0.733. The lowest BCUT2D eigenvalue weighted by Crippen LogP contribution is -2.23. The minimum absolute atomic E-state index is 0.636. The summed E-state index contributed by atoms with van der Waals surface area (Å²) in [7, 11) is 0. The summed E-state index contributed by atoms with van der Waals surface area (Å²) < 4.78 is 5.79. The molecule has 27 heavy (non-hydrogen) atoms. The Morgan fingerprint density at radius 3 is 2.52 bits per heavy atom. The van der Waals surface area contributed by atoms with Gasteiger partial charge in [-0.15, -0.1) is 0 Å². The number of carboxylic acid groups (broad SMARTS) is 1. The molecular formula is C22H26N2O3. The lowest BCUT2D eigenvalue weighted by Gasteiger charge is -2.18. The van der Waals surface area contributed by atoms with Gasteiger partial charge in [0.2, 0.25) is 0 Å². The van der Waals surface area contributed by atoms with E-state index in [1.807, 2.05) is 48.5 Å². The third-order valence-corrected chi connectivity index (χ3v) is 4.81. The summed E-state index contributed by atoms with van der Waals surface area (Å²) in [5, 5.41) is 9.11. The maximum Gasteiger partial charge on any atom is 0.309 e. The zero-order chi connectivity index (χ0) is 19.3. The van der Waals surface area contributed by atoms with Crippen LogP contribution in [0.4, 0.5) is 0 Å². The minimum Gasteiger partial charge on any atom is -0.494 e. The van der Waals surface area contributed by atoms with Crippen LogP contribution in [0.15, 0.2) is 48.5 Å². The summed E-state index contributed by atoms with van der Waals surface area (Å²) >= 11 is 0. The second kappa shape index (κ2) is 8.25. The van der Waals surface area contributed by atoms with Gasteiger partial charge in [0.05, 0.1) is 23.1 Å². The van der Waals surface area contributed by atoms with Crippen LogP contribution in [-0.4, -0.2) is 27.7 Å². The lowest BCUT2D eigenvalue weighted by molar-refractivity contribution is -0.147. The van der Waals surface area contributed by atoms with Gasteiger partial charge in [0.15, 0.2) is 0 Å². The molecule has 0 bridgehead atoms. The Hall–Kier alpha value is -2.82. The quantitative estimate of drug-likeness (QED) is 0.505. The number of benzene rings is 2. The number of carboxylic acids is 1. The monoisotopic (exact) mass is 366 g/mol. The molecule has 3 rings (SSSR count). The molecule has 0 amide bonds. The van der Waals surface area contributed by atoms with Crippen LogP contribution in [-0.2, 0) is 4.79 Å². The van der Waals surface area contributed by atoms with Gasteiger partial charge in [0.25, 0.3) is 0 Å². The number of unbranched alkanes of at least 4 members (excludes halogenated alkanes) is 2. The zero-order valence-electron chi connectivity index (χ0n) is 15.9. The van der Waals surface area contributed by atoms with Gasteiger partial charge in [-0.05, 0) is 63.1 Å². The first-order chi connectivity index (χ1) is 13.0. The molecule has 0 radical (unpaired) electrons. The van der Waals surface area contributed by atoms with Crippen molar-refractivity contribution in [2.75, 3.05) is 6.61 Å². The van der Waals surface area contributed by atoms with E-state index >= 15 is 0 Å². The molecule has 0 saturated carbocycles. The summed E-state index contributed by atoms with van der Waals surface area (Å²) in [6, 6.07) is 15.9. The number of nitrogens with one attached hydrogen (secondary N) is 1. The molecule has 0 aliphatic carbocycles. The first-order valence-corrected chi connectivity index (χ1v) is 9.37. The molecule has 0 fully saturated rings. The van der Waals surface area contributed by atoms with E-state index in [2.05, 4.69) is 9.97 Å². The largest absolute Gasteiger partial charge is 0.494 e. The van der Waals surface area contributed by atoms with E-state index in [9.17, 15) is 4.79 Å². The fourth-order valence-electron chi connectivity index (χ4n) is 2.94. The smallest absolute Gasteiger partial charge is 0.309 e. The molecule has 5 heteroatoms. The fourth-order valence-corrected chi connectivity index (χ4v) is 2.94. The van der Waals surface area contributed by atoms with Gasteiger partial charge in [0.1, 0.15) is 11.6 Å². The SMILES string of the molecule is CC(C)(CCCCCOc1ccc(-c2nc3ccccc3[nH]2)cc1)C(=O)O. The van der Waals surface area contributed by atoms with Gasteiger partial charge in [-0.3, -0.25) is 4.79 Å². The molecule has 0 unspecified atom stereocenters. The number of nitrogens with zero attached hydrogens (tertiary/aromatic N) is 1. The molecule has 0 aliphatic heterocycles. The predicted molar refractivity (Wildman–Crippen MR) is 107 cm³/mol. The number of H-pyrrole nitrogens is 1. The van der Waals surface area contributed by atoms with E-state index in [1.54, 1.807) is 13.8 Å². The number of aliphatic carboxylic acids is 1. The molecule has 3 aromatic rings. The predicted octanol–water partition coefficient (Wildman–Crippen LogP) is 5.28. The van der Waals surface area contributed by atoms with E-state index in [1.165, 1.54) is 0 Å². The number of para-hydroxylation sites is 2. The van der Waals surface area contributed by atoms with Crippen LogP contribution in [0, 0.1) is 5.41 Å². The van der Waals surface area contributed by atoms with E-state index in [0.29, 0.717) is 13.0 Å². The van der Waals surface area contributed by atoms with Gasteiger partial charge in [-0.1, -0.05) is 25.0 Å². The number of aromatic nitrogens is 2. The van der Waals surface area contributed by atoms with Crippen LogP contribution in [0.5, 0.6) is 5.75 Å². The Bertz CT molecular complexity index is 864. The van der Waals surface area contributed by atoms with Gasteiger partial charge >= 0.3 is 5.97 Å². The second-order valence-corrected chi connectivity index (χ2v) is 7.48. The van der Waals surface area contributed by atoms with Gasteiger partial charge < -0.3 is 14.8 Å². The highest BCUT2D eigenvalue weighted by molar-refractivity contribution is 5.79.